The van der Waals surface area contributed by atoms with Crippen molar-refractivity contribution >= 4 is 39.0 Å². The maximum atomic E-state index is 13.9. The number of anilines is 2. The molecule has 0 amide bonds. The van der Waals surface area contributed by atoms with Crippen LogP contribution in [0.2, 0.25) is 0 Å². The number of hydrogen-bond acceptors (Lipinski definition) is 5. The van der Waals surface area contributed by atoms with Crippen LogP contribution in [0.1, 0.15) is 10.4 Å². The van der Waals surface area contributed by atoms with Crippen molar-refractivity contribution in [1.29, 1.82) is 0 Å². The average molecular weight is 289 g/mol. The molecular formula is C13H8FN3O2S. The summed E-state index contributed by atoms with van der Waals surface area (Å²) in [5.41, 5.74) is 2.78. The maximum absolute atomic E-state index is 13.9. The second-order valence-electron chi connectivity index (χ2n) is 3.99. The fraction of sp³-hybridized carbons (Fsp3) is 0. The molecule has 20 heavy (non-hydrogen) atoms. The summed E-state index contributed by atoms with van der Waals surface area (Å²) in [5, 5.41) is 11.6. The average Bonchev–Trinajstić information content (AvgIpc) is 2.88. The molecule has 1 aromatic carbocycles. The van der Waals surface area contributed by atoms with Crippen molar-refractivity contribution < 1.29 is 14.3 Å². The summed E-state index contributed by atoms with van der Waals surface area (Å²) in [6.45, 7) is 0. The third-order valence-corrected chi connectivity index (χ3v) is 3.51. The van der Waals surface area contributed by atoms with Gasteiger partial charge in [0, 0.05) is 11.9 Å². The molecule has 0 spiro atoms. The third-order valence-electron chi connectivity index (χ3n) is 2.71. The van der Waals surface area contributed by atoms with Gasteiger partial charge in [-0.15, -0.1) is 11.3 Å². The van der Waals surface area contributed by atoms with E-state index in [2.05, 4.69) is 15.3 Å². The molecule has 0 aliphatic carbocycles. The van der Waals surface area contributed by atoms with Gasteiger partial charge in [0.2, 0.25) is 0 Å². The fourth-order valence-corrected chi connectivity index (χ4v) is 2.48. The zero-order chi connectivity index (χ0) is 14.1. The highest BCUT2D eigenvalue weighted by Gasteiger charge is 2.15. The number of benzene rings is 1. The first-order valence-corrected chi connectivity index (χ1v) is 6.51. The van der Waals surface area contributed by atoms with Crippen molar-refractivity contribution in [3.63, 3.8) is 0 Å². The van der Waals surface area contributed by atoms with Gasteiger partial charge in [0.25, 0.3) is 0 Å². The van der Waals surface area contributed by atoms with Crippen LogP contribution in [-0.2, 0) is 0 Å². The van der Waals surface area contributed by atoms with Crippen molar-refractivity contribution in [2.75, 3.05) is 5.32 Å². The standard InChI is InChI=1S/C13H8FN3O2S/c14-11-8(13(18)19)3-4-15-12(11)17-7-1-2-9-10(5-7)20-6-16-9/h1-6H,(H,15,17)(H,18,19). The highest BCUT2D eigenvalue weighted by molar-refractivity contribution is 7.16. The van der Waals surface area contributed by atoms with Crippen LogP contribution in [0.3, 0.4) is 0 Å². The summed E-state index contributed by atoms with van der Waals surface area (Å²) in [4.78, 5) is 18.8. The van der Waals surface area contributed by atoms with Crippen molar-refractivity contribution in [1.82, 2.24) is 9.97 Å². The molecule has 2 heterocycles. The molecule has 0 saturated heterocycles. The number of carboxylic acid groups (broad SMARTS) is 1. The normalized spacial score (nSPS) is 10.7. The number of thiazole rings is 1. The molecule has 0 atom stereocenters. The predicted molar refractivity (Wildman–Crippen MR) is 74.1 cm³/mol. The monoisotopic (exact) mass is 289 g/mol. The topological polar surface area (TPSA) is 75.1 Å². The molecule has 0 aliphatic heterocycles. The lowest BCUT2D eigenvalue weighted by Gasteiger charge is -2.07. The number of rotatable bonds is 3. The number of halogens is 1. The van der Waals surface area contributed by atoms with E-state index in [0.717, 1.165) is 16.3 Å². The number of carboxylic acids is 1. The van der Waals surface area contributed by atoms with Crippen LogP contribution in [0, 0.1) is 5.82 Å². The second kappa shape index (κ2) is 4.86. The molecule has 0 bridgehead atoms. The first kappa shape index (κ1) is 12.5. The van der Waals surface area contributed by atoms with Gasteiger partial charge in [-0.2, -0.15) is 0 Å². The van der Waals surface area contributed by atoms with E-state index in [1.807, 2.05) is 6.07 Å². The minimum absolute atomic E-state index is 0.117. The largest absolute Gasteiger partial charge is 0.478 e. The number of pyridine rings is 1. The van der Waals surface area contributed by atoms with Gasteiger partial charge >= 0.3 is 5.97 Å². The Kier molecular flexibility index (Phi) is 3.03. The second-order valence-corrected chi connectivity index (χ2v) is 4.87. The van der Waals surface area contributed by atoms with Crippen LogP contribution >= 0.6 is 11.3 Å². The van der Waals surface area contributed by atoms with Crippen molar-refractivity contribution in [3.8, 4) is 0 Å². The predicted octanol–water partition coefficient (Wildman–Crippen LogP) is 3.27. The molecular weight excluding hydrogens is 281 g/mol. The van der Waals surface area contributed by atoms with E-state index in [1.165, 1.54) is 17.5 Å². The Balaban J connectivity index is 1.98. The number of aromatic nitrogens is 2. The molecule has 100 valence electrons. The van der Waals surface area contributed by atoms with Crippen LogP contribution in [-0.4, -0.2) is 21.0 Å². The molecule has 7 heteroatoms. The molecule has 0 fully saturated rings. The maximum Gasteiger partial charge on any atom is 0.338 e. The zero-order valence-corrected chi connectivity index (χ0v) is 10.8. The van der Waals surface area contributed by atoms with Crippen molar-refractivity contribution in [3.05, 3.63) is 47.4 Å². The lowest BCUT2D eigenvalue weighted by Crippen LogP contribution is -2.05. The minimum Gasteiger partial charge on any atom is -0.478 e. The molecule has 0 aliphatic rings. The van der Waals surface area contributed by atoms with E-state index in [9.17, 15) is 9.18 Å². The number of hydrogen-bond donors (Lipinski definition) is 2. The minimum atomic E-state index is -1.33. The Morgan fingerprint density at radius 3 is 2.95 bits per heavy atom. The summed E-state index contributed by atoms with van der Waals surface area (Å²) in [6.07, 6.45) is 1.25. The smallest absolute Gasteiger partial charge is 0.338 e. The van der Waals surface area contributed by atoms with E-state index in [1.54, 1.807) is 17.6 Å². The van der Waals surface area contributed by atoms with E-state index < -0.39 is 17.3 Å². The van der Waals surface area contributed by atoms with Crippen LogP contribution in [0.5, 0.6) is 0 Å². The Bertz CT molecular complexity index is 803. The van der Waals surface area contributed by atoms with Gasteiger partial charge in [-0.1, -0.05) is 0 Å². The van der Waals surface area contributed by atoms with Gasteiger partial charge < -0.3 is 10.4 Å². The summed E-state index contributed by atoms with van der Waals surface area (Å²) in [7, 11) is 0. The molecule has 3 aromatic rings. The first-order chi connectivity index (χ1) is 9.65. The molecule has 2 N–H and O–H groups in total. The van der Waals surface area contributed by atoms with Crippen LogP contribution in [0.15, 0.2) is 36.0 Å². The summed E-state index contributed by atoms with van der Waals surface area (Å²) in [6, 6.07) is 6.46. The fourth-order valence-electron chi connectivity index (χ4n) is 1.77. The summed E-state index contributed by atoms with van der Waals surface area (Å²) >= 11 is 1.46. The number of carbonyl (C=O) groups is 1. The van der Waals surface area contributed by atoms with Gasteiger partial charge in [-0.25, -0.2) is 19.2 Å². The van der Waals surface area contributed by atoms with Gasteiger partial charge in [0.15, 0.2) is 11.6 Å². The number of fused-ring (bicyclic) bond motifs is 1. The summed E-state index contributed by atoms with van der Waals surface area (Å²) < 4.78 is 14.9. The van der Waals surface area contributed by atoms with E-state index in [-0.39, 0.29) is 5.82 Å². The van der Waals surface area contributed by atoms with Gasteiger partial charge in [0.1, 0.15) is 5.56 Å². The van der Waals surface area contributed by atoms with Crippen molar-refractivity contribution in [2.24, 2.45) is 0 Å². The Hall–Kier alpha value is -2.54. The highest BCUT2D eigenvalue weighted by atomic mass is 32.1. The highest BCUT2D eigenvalue weighted by Crippen LogP contribution is 2.25. The van der Waals surface area contributed by atoms with E-state index in [0.29, 0.717) is 5.69 Å². The van der Waals surface area contributed by atoms with E-state index >= 15 is 0 Å². The zero-order valence-electron chi connectivity index (χ0n) is 10.0. The molecule has 5 nitrogen and oxygen atoms in total. The summed E-state index contributed by atoms with van der Waals surface area (Å²) in [5.74, 6) is -2.33. The molecule has 2 aromatic heterocycles. The lowest BCUT2D eigenvalue weighted by molar-refractivity contribution is 0.0692. The van der Waals surface area contributed by atoms with Gasteiger partial charge in [-0.05, 0) is 24.3 Å². The number of nitrogens with one attached hydrogen (secondary N) is 1. The number of aromatic carboxylic acids is 1. The van der Waals surface area contributed by atoms with Crippen LogP contribution < -0.4 is 5.32 Å². The van der Waals surface area contributed by atoms with Gasteiger partial charge in [-0.3, -0.25) is 0 Å². The molecule has 0 unspecified atom stereocenters. The lowest BCUT2D eigenvalue weighted by atomic mass is 10.2. The molecule has 3 rings (SSSR count). The van der Waals surface area contributed by atoms with Crippen LogP contribution in [0.4, 0.5) is 15.9 Å². The van der Waals surface area contributed by atoms with Crippen LogP contribution in [0.25, 0.3) is 10.2 Å². The van der Waals surface area contributed by atoms with Gasteiger partial charge in [0.05, 0.1) is 15.7 Å². The Morgan fingerprint density at radius 1 is 1.30 bits per heavy atom. The Labute approximate surface area is 116 Å². The number of nitrogens with zero attached hydrogens (tertiary/aromatic N) is 2. The molecule has 0 radical (unpaired) electrons. The quantitative estimate of drug-likeness (QED) is 0.774. The first-order valence-electron chi connectivity index (χ1n) is 5.63. The molecule has 0 saturated carbocycles. The van der Waals surface area contributed by atoms with E-state index in [4.69, 9.17) is 5.11 Å². The van der Waals surface area contributed by atoms with Crippen molar-refractivity contribution in [2.45, 2.75) is 0 Å². The SMILES string of the molecule is O=C(O)c1ccnc(Nc2ccc3ncsc3c2)c1F. The third kappa shape index (κ3) is 2.19. The Morgan fingerprint density at radius 2 is 2.15 bits per heavy atom.